The molecule has 5 heterocycles. The molecule has 4 aromatic rings. The zero-order valence-corrected chi connectivity index (χ0v) is 13.1. The zero-order chi connectivity index (χ0) is 16.5. The molecule has 0 amide bonds. The number of halogens is 1. The van der Waals surface area contributed by atoms with Crippen molar-refractivity contribution in [1.82, 2.24) is 29.9 Å². The number of pyridine rings is 2. The molecule has 25 heavy (non-hydrogen) atoms. The van der Waals surface area contributed by atoms with E-state index in [4.69, 9.17) is 5.10 Å². The van der Waals surface area contributed by atoms with E-state index < -0.39 is 0 Å². The van der Waals surface area contributed by atoms with E-state index in [2.05, 4.69) is 24.8 Å². The molecule has 0 spiro atoms. The first-order valence-electron chi connectivity index (χ1n) is 8.30. The molecule has 7 heteroatoms. The topological polar surface area (TPSA) is 72.3 Å². The highest BCUT2D eigenvalue weighted by Gasteiger charge is 2.49. The summed E-state index contributed by atoms with van der Waals surface area (Å²) in [4.78, 5) is 8.60. The second kappa shape index (κ2) is 4.50. The fourth-order valence-corrected chi connectivity index (χ4v) is 4.03. The highest BCUT2D eigenvalue weighted by Crippen LogP contribution is 2.57. The molecule has 2 unspecified atom stereocenters. The molecular formula is C18H13FN6. The fourth-order valence-electron chi connectivity index (χ4n) is 4.03. The number of fused-ring (bicyclic) bond motifs is 4. The van der Waals surface area contributed by atoms with Crippen molar-refractivity contribution in [2.75, 3.05) is 0 Å². The summed E-state index contributed by atoms with van der Waals surface area (Å²) in [7, 11) is 0. The van der Waals surface area contributed by atoms with Crippen LogP contribution in [0.2, 0.25) is 0 Å². The molecule has 1 aliphatic carbocycles. The number of aromatic nitrogens is 6. The van der Waals surface area contributed by atoms with Gasteiger partial charge in [0.2, 0.25) is 0 Å². The van der Waals surface area contributed by atoms with Crippen molar-refractivity contribution in [2.24, 2.45) is 5.92 Å². The largest absolute Gasteiger partial charge is 0.268 e. The first kappa shape index (κ1) is 13.2. The standard InChI is InChI=1S/C18H13FN6/c19-10-1-2-14(21-6-10)16-15(17-12-5-9(12)8-25(17)24-16)11-3-4-20-18-13(11)7-22-23-18/h1-4,6-7,9,12H,5,8H2,(H,20,22,23). The summed E-state index contributed by atoms with van der Waals surface area (Å²) in [5.41, 5.74) is 5.63. The molecule has 0 aromatic carbocycles. The van der Waals surface area contributed by atoms with Crippen LogP contribution in [0.4, 0.5) is 4.39 Å². The Labute approximate surface area is 141 Å². The Bertz CT molecular complexity index is 1130. The molecule has 0 bridgehead atoms. The summed E-state index contributed by atoms with van der Waals surface area (Å²) < 4.78 is 15.4. The van der Waals surface area contributed by atoms with Crippen molar-refractivity contribution >= 4 is 11.0 Å². The van der Waals surface area contributed by atoms with Crippen LogP contribution < -0.4 is 0 Å². The van der Waals surface area contributed by atoms with Crippen LogP contribution in [0.3, 0.4) is 0 Å². The highest BCUT2D eigenvalue weighted by molar-refractivity contribution is 5.97. The van der Waals surface area contributed by atoms with Crippen LogP contribution in [0, 0.1) is 11.7 Å². The summed E-state index contributed by atoms with van der Waals surface area (Å²) in [6.07, 6.45) is 6.03. The van der Waals surface area contributed by atoms with Gasteiger partial charge in [0.25, 0.3) is 0 Å². The first-order valence-corrected chi connectivity index (χ1v) is 8.30. The van der Waals surface area contributed by atoms with Gasteiger partial charge in [0.15, 0.2) is 5.65 Å². The number of H-pyrrole nitrogens is 1. The predicted octanol–water partition coefficient (Wildman–Crippen LogP) is 3.14. The number of nitrogens with one attached hydrogen (secondary N) is 1. The molecule has 2 atom stereocenters. The zero-order valence-electron chi connectivity index (χ0n) is 13.1. The third kappa shape index (κ3) is 1.77. The van der Waals surface area contributed by atoms with E-state index in [0.29, 0.717) is 17.5 Å². The molecule has 4 aromatic heterocycles. The molecule has 6 rings (SSSR count). The van der Waals surface area contributed by atoms with Crippen molar-refractivity contribution in [3.05, 3.63) is 48.3 Å². The van der Waals surface area contributed by atoms with Gasteiger partial charge in [-0.05, 0) is 36.1 Å². The van der Waals surface area contributed by atoms with Crippen LogP contribution in [0.1, 0.15) is 18.0 Å². The van der Waals surface area contributed by atoms with E-state index >= 15 is 0 Å². The van der Waals surface area contributed by atoms with Crippen LogP contribution in [0.15, 0.2) is 36.8 Å². The lowest BCUT2D eigenvalue weighted by molar-refractivity contribution is 0.598. The quantitative estimate of drug-likeness (QED) is 0.612. The maximum Gasteiger partial charge on any atom is 0.155 e. The molecule has 1 aliphatic heterocycles. The van der Waals surface area contributed by atoms with Crippen LogP contribution in [-0.2, 0) is 6.54 Å². The second-order valence-electron chi connectivity index (χ2n) is 6.75. The minimum Gasteiger partial charge on any atom is -0.268 e. The third-order valence-electron chi connectivity index (χ3n) is 5.27. The van der Waals surface area contributed by atoms with Crippen LogP contribution in [0.5, 0.6) is 0 Å². The molecule has 1 fully saturated rings. The minimum atomic E-state index is -0.347. The van der Waals surface area contributed by atoms with Gasteiger partial charge in [0.1, 0.15) is 11.5 Å². The molecule has 6 nitrogen and oxygen atoms in total. The molecule has 1 saturated carbocycles. The summed E-state index contributed by atoms with van der Waals surface area (Å²) in [5.74, 6) is 0.922. The Morgan fingerprint density at radius 2 is 2.12 bits per heavy atom. The van der Waals surface area contributed by atoms with Crippen LogP contribution in [0.25, 0.3) is 33.5 Å². The fraction of sp³-hybridized carbons (Fsp3) is 0.222. The highest BCUT2D eigenvalue weighted by atomic mass is 19.1. The average Bonchev–Trinajstić information content (AvgIpc) is 3.00. The number of aromatic amines is 1. The third-order valence-corrected chi connectivity index (χ3v) is 5.27. The SMILES string of the molecule is Fc1ccc(-c2nn3c(c2-c2ccnc4[nH]ncc24)C2CC2C3)nc1. The molecule has 0 radical (unpaired) electrons. The smallest absolute Gasteiger partial charge is 0.155 e. The monoisotopic (exact) mass is 332 g/mol. The number of hydrogen-bond acceptors (Lipinski definition) is 4. The lowest BCUT2D eigenvalue weighted by Gasteiger charge is -2.07. The predicted molar refractivity (Wildman–Crippen MR) is 89.1 cm³/mol. The molecular weight excluding hydrogens is 319 g/mol. The van der Waals surface area contributed by atoms with Gasteiger partial charge in [0, 0.05) is 29.6 Å². The van der Waals surface area contributed by atoms with E-state index in [1.807, 2.05) is 6.07 Å². The Hall–Kier alpha value is -3.09. The van der Waals surface area contributed by atoms with Crippen molar-refractivity contribution < 1.29 is 4.39 Å². The summed E-state index contributed by atoms with van der Waals surface area (Å²) in [6, 6.07) is 5.12. The molecule has 2 aliphatic rings. The van der Waals surface area contributed by atoms with Crippen molar-refractivity contribution in [2.45, 2.75) is 18.9 Å². The Morgan fingerprint density at radius 3 is 3.00 bits per heavy atom. The Kier molecular flexibility index (Phi) is 2.38. The Balaban J connectivity index is 1.67. The summed E-state index contributed by atoms with van der Waals surface area (Å²) in [5, 5.41) is 12.8. The number of rotatable bonds is 2. The average molecular weight is 332 g/mol. The molecule has 0 saturated heterocycles. The van der Waals surface area contributed by atoms with Gasteiger partial charge in [-0.25, -0.2) is 9.37 Å². The first-order chi connectivity index (χ1) is 12.3. The van der Waals surface area contributed by atoms with Gasteiger partial charge < -0.3 is 0 Å². The van der Waals surface area contributed by atoms with Gasteiger partial charge in [-0.1, -0.05) is 0 Å². The molecule has 122 valence electrons. The molecule has 1 N–H and O–H groups in total. The van der Waals surface area contributed by atoms with Gasteiger partial charge in [-0.15, -0.1) is 0 Å². The van der Waals surface area contributed by atoms with E-state index in [9.17, 15) is 4.39 Å². The lowest BCUT2D eigenvalue weighted by atomic mass is 9.98. The van der Waals surface area contributed by atoms with Crippen molar-refractivity contribution in [1.29, 1.82) is 0 Å². The second-order valence-corrected chi connectivity index (χ2v) is 6.75. The number of hydrogen-bond donors (Lipinski definition) is 1. The van der Waals surface area contributed by atoms with Crippen molar-refractivity contribution in [3.8, 4) is 22.5 Å². The minimum absolute atomic E-state index is 0.347. The van der Waals surface area contributed by atoms with Gasteiger partial charge in [-0.2, -0.15) is 10.2 Å². The van der Waals surface area contributed by atoms with Gasteiger partial charge >= 0.3 is 0 Å². The van der Waals surface area contributed by atoms with Gasteiger partial charge in [0.05, 0.1) is 23.8 Å². The van der Waals surface area contributed by atoms with E-state index in [-0.39, 0.29) is 5.82 Å². The summed E-state index contributed by atoms with van der Waals surface area (Å²) in [6.45, 7) is 0.952. The van der Waals surface area contributed by atoms with Crippen LogP contribution >= 0.6 is 0 Å². The maximum atomic E-state index is 13.3. The maximum absolute atomic E-state index is 13.3. The normalized spacial score (nSPS) is 20.7. The van der Waals surface area contributed by atoms with Crippen molar-refractivity contribution in [3.63, 3.8) is 0 Å². The van der Waals surface area contributed by atoms with Crippen LogP contribution in [-0.4, -0.2) is 29.9 Å². The summed E-state index contributed by atoms with van der Waals surface area (Å²) >= 11 is 0. The lowest BCUT2D eigenvalue weighted by Crippen LogP contribution is -1.99. The number of nitrogens with zero attached hydrogens (tertiary/aromatic N) is 5. The van der Waals surface area contributed by atoms with E-state index in [1.54, 1.807) is 18.5 Å². The Morgan fingerprint density at radius 1 is 1.16 bits per heavy atom. The van der Waals surface area contributed by atoms with E-state index in [1.165, 1.54) is 24.4 Å². The van der Waals surface area contributed by atoms with E-state index in [0.717, 1.165) is 34.4 Å². The van der Waals surface area contributed by atoms with Gasteiger partial charge in [-0.3, -0.25) is 14.8 Å².